The van der Waals surface area contributed by atoms with Gasteiger partial charge in [0.2, 0.25) is 0 Å². The molecule has 8 nitrogen and oxygen atoms in total. The molecule has 0 amide bonds. The van der Waals surface area contributed by atoms with Gasteiger partial charge in [0.05, 0.1) is 26.4 Å². The quantitative estimate of drug-likeness (QED) is 0.131. The summed E-state index contributed by atoms with van der Waals surface area (Å²) in [7, 11) is 0. The molecule has 0 radical (unpaired) electrons. The minimum atomic E-state index is -0.638. The first kappa shape index (κ1) is 28.4. The number of esters is 2. The molecular weight excluding hydrogens is 464 g/mol. The Morgan fingerprint density at radius 3 is 1.44 bits per heavy atom. The fraction of sp³-hybridized carbons (Fsp3) is 0.286. The highest BCUT2D eigenvalue weighted by Crippen LogP contribution is 2.32. The topological polar surface area (TPSA) is 89.5 Å². The molecule has 2 atom stereocenters. The summed E-state index contributed by atoms with van der Waals surface area (Å²) in [5.74, 6) is 0.0157. The van der Waals surface area contributed by atoms with Gasteiger partial charge in [-0.1, -0.05) is 49.6 Å². The van der Waals surface area contributed by atoms with Crippen molar-refractivity contribution in [2.75, 3.05) is 39.6 Å². The maximum Gasteiger partial charge on any atom is 0.330 e. The molecule has 2 aromatic carbocycles. The van der Waals surface area contributed by atoms with Gasteiger partial charge in [0.15, 0.2) is 12.2 Å². The van der Waals surface area contributed by atoms with E-state index in [1.165, 1.54) is 0 Å². The number of carbonyl (C=O) groups is 2. The predicted molar refractivity (Wildman–Crippen MR) is 137 cm³/mol. The van der Waals surface area contributed by atoms with Gasteiger partial charge in [0, 0.05) is 22.9 Å². The molecule has 0 aliphatic carbocycles. The molecule has 0 aliphatic rings. The third-order valence-electron chi connectivity index (χ3n) is 4.67. The van der Waals surface area contributed by atoms with E-state index in [0.717, 1.165) is 22.9 Å². The Hall–Kier alpha value is -3.88. The molecule has 36 heavy (non-hydrogen) atoms. The number of fused-ring (bicyclic) bond motifs is 1. The van der Waals surface area contributed by atoms with Gasteiger partial charge in [-0.25, -0.2) is 9.59 Å². The summed E-state index contributed by atoms with van der Waals surface area (Å²) in [4.78, 5) is 23.4. The van der Waals surface area contributed by atoms with Crippen LogP contribution in [0.1, 0.15) is 0 Å². The molecule has 0 fully saturated rings. The SMILES string of the molecule is C=CCOCC(COc1cccc2c(OCC(COCC=C)OC(=O)C=C)cccc12)OC(=O)C=C. The van der Waals surface area contributed by atoms with E-state index in [2.05, 4.69) is 26.3 Å². The number of hydrogen-bond acceptors (Lipinski definition) is 8. The second-order valence-corrected chi connectivity index (χ2v) is 7.41. The van der Waals surface area contributed by atoms with Crippen LogP contribution in [-0.2, 0) is 28.5 Å². The van der Waals surface area contributed by atoms with Crippen molar-refractivity contribution >= 4 is 22.7 Å². The summed E-state index contributed by atoms with van der Waals surface area (Å²) in [6, 6.07) is 11.0. The Labute approximate surface area is 211 Å². The summed E-state index contributed by atoms with van der Waals surface area (Å²) < 4.78 is 33.5. The lowest BCUT2D eigenvalue weighted by molar-refractivity contribution is -0.148. The Bertz CT molecular complexity index is 962. The molecular formula is C28H32O8. The predicted octanol–water partition coefficient (Wildman–Crippen LogP) is 4.20. The van der Waals surface area contributed by atoms with Crippen LogP contribution in [0.2, 0.25) is 0 Å². The van der Waals surface area contributed by atoms with Crippen molar-refractivity contribution in [3.8, 4) is 11.5 Å². The molecule has 0 heterocycles. The lowest BCUT2D eigenvalue weighted by Gasteiger charge is -2.20. The second kappa shape index (κ2) is 15.9. The van der Waals surface area contributed by atoms with Gasteiger partial charge in [0.1, 0.15) is 24.7 Å². The Kier molecular flexibility index (Phi) is 12.5. The van der Waals surface area contributed by atoms with Crippen LogP contribution in [0.5, 0.6) is 11.5 Å². The van der Waals surface area contributed by atoms with E-state index in [1.54, 1.807) is 24.3 Å². The van der Waals surface area contributed by atoms with Gasteiger partial charge in [0.25, 0.3) is 0 Å². The van der Waals surface area contributed by atoms with E-state index in [1.807, 2.05) is 24.3 Å². The van der Waals surface area contributed by atoms with Crippen LogP contribution >= 0.6 is 0 Å². The Morgan fingerprint density at radius 2 is 1.08 bits per heavy atom. The van der Waals surface area contributed by atoms with Crippen molar-refractivity contribution in [1.29, 1.82) is 0 Å². The van der Waals surface area contributed by atoms with Crippen LogP contribution in [0.4, 0.5) is 0 Å². The number of ether oxygens (including phenoxy) is 6. The van der Waals surface area contributed by atoms with E-state index < -0.39 is 24.1 Å². The maximum atomic E-state index is 11.7. The molecule has 0 saturated heterocycles. The van der Waals surface area contributed by atoms with Gasteiger partial charge < -0.3 is 28.4 Å². The molecule has 2 rings (SSSR count). The van der Waals surface area contributed by atoms with Crippen LogP contribution in [0.3, 0.4) is 0 Å². The Balaban J connectivity index is 2.14. The molecule has 2 aromatic rings. The van der Waals surface area contributed by atoms with E-state index >= 15 is 0 Å². The molecule has 0 aliphatic heterocycles. The minimum Gasteiger partial charge on any atom is -0.489 e. The van der Waals surface area contributed by atoms with Crippen LogP contribution in [0, 0.1) is 0 Å². The average molecular weight is 497 g/mol. The van der Waals surface area contributed by atoms with Gasteiger partial charge in [-0.3, -0.25) is 0 Å². The summed E-state index contributed by atoms with van der Waals surface area (Å²) in [5.41, 5.74) is 0. The van der Waals surface area contributed by atoms with Crippen molar-refractivity contribution in [2.24, 2.45) is 0 Å². The normalized spacial score (nSPS) is 12.1. The van der Waals surface area contributed by atoms with Crippen molar-refractivity contribution < 1.29 is 38.0 Å². The van der Waals surface area contributed by atoms with E-state index in [4.69, 9.17) is 28.4 Å². The third kappa shape index (κ3) is 9.40. The van der Waals surface area contributed by atoms with Crippen molar-refractivity contribution in [3.63, 3.8) is 0 Å². The molecule has 0 spiro atoms. The lowest BCUT2D eigenvalue weighted by Crippen LogP contribution is -2.29. The zero-order valence-corrected chi connectivity index (χ0v) is 20.3. The van der Waals surface area contributed by atoms with Crippen molar-refractivity contribution in [2.45, 2.75) is 12.2 Å². The zero-order valence-electron chi connectivity index (χ0n) is 20.3. The highest BCUT2D eigenvalue weighted by Gasteiger charge is 2.17. The van der Waals surface area contributed by atoms with Crippen molar-refractivity contribution in [3.05, 3.63) is 87.0 Å². The van der Waals surface area contributed by atoms with Gasteiger partial charge >= 0.3 is 11.9 Å². The Morgan fingerprint density at radius 1 is 0.667 bits per heavy atom. The standard InChI is InChI=1S/C28H32O8/c1-5-15-31-17-21(35-27(29)7-3)19-33-25-13-9-12-24-23(25)11-10-14-26(24)34-20-22(18-32-16-6-2)36-28(30)8-4/h5-14,21-22H,1-4,15-20H2. The highest BCUT2D eigenvalue weighted by molar-refractivity contribution is 5.93. The highest BCUT2D eigenvalue weighted by atomic mass is 16.6. The molecule has 0 saturated carbocycles. The van der Waals surface area contributed by atoms with Crippen LogP contribution in [0.25, 0.3) is 10.8 Å². The molecule has 192 valence electrons. The van der Waals surface area contributed by atoms with Crippen LogP contribution in [-0.4, -0.2) is 63.8 Å². The minimum absolute atomic E-state index is 0.0706. The second-order valence-electron chi connectivity index (χ2n) is 7.41. The summed E-state index contributed by atoms with van der Waals surface area (Å²) >= 11 is 0. The fourth-order valence-electron chi connectivity index (χ4n) is 3.09. The van der Waals surface area contributed by atoms with Gasteiger partial charge in [-0.15, -0.1) is 13.2 Å². The first-order valence-corrected chi connectivity index (χ1v) is 11.3. The van der Waals surface area contributed by atoms with Crippen LogP contribution in [0.15, 0.2) is 87.0 Å². The first-order valence-electron chi connectivity index (χ1n) is 11.3. The maximum absolute atomic E-state index is 11.7. The van der Waals surface area contributed by atoms with Crippen LogP contribution < -0.4 is 9.47 Å². The molecule has 2 unspecified atom stereocenters. The number of benzene rings is 2. The monoisotopic (exact) mass is 496 g/mol. The summed E-state index contributed by atoms with van der Waals surface area (Å²) in [5, 5.41) is 1.58. The number of rotatable bonds is 18. The molecule has 8 heteroatoms. The number of hydrogen-bond donors (Lipinski definition) is 0. The van der Waals surface area contributed by atoms with E-state index in [9.17, 15) is 9.59 Å². The lowest BCUT2D eigenvalue weighted by atomic mass is 10.1. The van der Waals surface area contributed by atoms with E-state index in [0.29, 0.717) is 24.7 Å². The smallest absolute Gasteiger partial charge is 0.330 e. The number of carbonyl (C=O) groups excluding carboxylic acids is 2. The fourth-order valence-corrected chi connectivity index (χ4v) is 3.09. The van der Waals surface area contributed by atoms with Crippen molar-refractivity contribution in [1.82, 2.24) is 0 Å². The van der Waals surface area contributed by atoms with E-state index in [-0.39, 0.29) is 26.4 Å². The largest absolute Gasteiger partial charge is 0.489 e. The zero-order chi connectivity index (χ0) is 26.2. The van der Waals surface area contributed by atoms with Gasteiger partial charge in [-0.2, -0.15) is 0 Å². The average Bonchev–Trinajstić information content (AvgIpc) is 2.90. The van der Waals surface area contributed by atoms with Gasteiger partial charge in [-0.05, 0) is 12.1 Å². The molecule has 0 aromatic heterocycles. The summed E-state index contributed by atoms with van der Waals surface area (Å²) in [6.45, 7) is 15.1. The first-order chi connectivity index (χ1) is 17.5. The molecule has 0 bridgehead atoms. The third-order valence-corrected chi connectivity index (χ3v) is 4.67. The summed E-state index contributed by atoms with van der Waals surface area (Å²) in [6.07, 6.45) is 4.11. The molecule has 0 N–H and O–H groups in total.